The molecule has 1 aromatic rings. The highest BCUT2D eigenvalue weighted by molar-refractivity contribution is 7.09. The standard InChI is InChI=1S/C7H10N4OS/c1-4-8-7(13-11-4)10-6(12)9-5-2-3-5/h5H,2-3H2,1H3,(H2,8,9,10,11,12). The van der Waals surface area contributed by atoms with Crippen LogP contribution in [0.3, 0.4) is 0 Å². The molecule has 0 radical (unpaired) electrons. The number of rotatable bonds is 2. The van der Waals surface area contributed by atoms with E-state index in [1.807, 2.05) is 0 Å². The first-order valence-corrected chi connectivity index (χ1v) is 4.89. The molecule has 1 heterocycles. The minimum absolute atomic E-state index is 0.182. The minimum atomic E-state index is -0.182. The number of aromatic nitrogens is 2. The molecule has 1 aromatic heterocycles. The summed E-state index contributed by atoms with van der Waals surface area (Å²) in [6, 6.07) is 0.188. The maximum absolute atomic E-state index is 11.2. The lowest BCUT2D eigenvalue weighted by Crippen LogP contribution is -2.30. The minimum Gasteiger partial charge on any atom is -0.335 e. The third-order valence-corrected chi connectivity index (χ3v) is 2.38. The Balaban J connectivity index is 1.85. The fourth-order valence-electron chi connectivity index (χ4n) is 0.894. The van der Waals surface area contributed by atoms with E-state index < -0.39 is 0 Å². The summed E-state index contributed by atoms with van der Waals surface area (Å²) in [4.78, 5) is 15.2. The van der Waals surface area contributed by atoms with Gasteiger partial charge in [-0.25, -0.2) is 9.78 Å². The number of nitrogens with one attached hydrogen (secondary N) is 2. The molecule has 0 spiro atoms. The van der Waals surface area contributed by atoms with Crippen LogP contribution < -0.4 is 10.6 Å². The molecule has 0 aromatic carbocycles. The Morgan fingerprint density at radius 1 is 1.62 bits per heavy atom. The number of hydrogen-bond donors (Lipinski definition) is 2. The van der Waals surface area contributed by atoms with Crippen LogP contribution in [0, 0.1) is 6.92 Å². The Hall–Kier alpha value is -1.17. The lowest BCUT2D eigenvalue weighted by molar-refractivity contribution is 0.251. The van der Waals surface area contributed by atoms with E-state index in [9.17, 15) is 4.79 Å². The van der Waals surface area contributed by atoms with Crippen LogP contribution >= 0.6 is 11.5 Å². The number of aryl methyl sites for hydroxylation is 1. The molecule has 2 rings (SSSR count). The lowest BCUT2D eigenvalue weighted by Gasteiger charge is -2.01. The zero-order chi connectivity index (χ0) is 9.26. The molecule has 0 bridgehead atoms. The normalized spacial score (nSPS) is 15.5. The maximum atomic E-state index is 11.2. The van der Waals surface area contributed by atoms with Crippen molar-refractivity contribution in [2.45, 2.75) is 25.8 Å². The van der Waals surface area contributed by atoms with Gasteiger partial charge in [-0.05, 0) is 19.8 Å². The molecule has 0 saturated heterocycles. The highest BCUT2D eigenvalue weighted by atomic mass is 32.1. The molecule has 1 aliphatic rings. The lowest BCUT2D eigenvalue weighted by atomic mass is 10.7. The highest BCUT2D eigenvalue weighted by Gasteiger charge is 2.23. The molecule has 1 saturated carbocycles. The SMILES string of the molecule is Cc1nsc(NC(=O)NC2CC2)n1. The van der Waals surface area contributed by atoms with Gasteiger partial charge in [-0.15, -0.1) is 0 Å². The van der Waals surface area contributed by atoms with Crippen LogP contribution in [0.4, 0.5) is 9.93 Å². The molecule has 0 atom stereocenters. The van der Waals surface area contributed by atoms with Crippen LogP contribution in [0.15, 0.2) is 0 Å². The van der Waals surface area contributed by atoms with Gasteiger partial charge in [-0.3, -0.25) is 5.32 Å². The summed E-state index contributed by atoms with van der Waals surface area (Å²) in [5.41, 5.74) is 0. The van der Waals surface area contributed by atoms with Gasteiger partial charge in [0.2, 0.25) is 5.13 Å². The van der Waals surface area contributed by atoms with Crippen LogP contribution in [0.25, 0.3) is 0 Å². The fraction of sp³-hybridized carbons (Fsp3) is 0.571. The Labute approximate surface area is 79.7 Å². The first-order valence-electron chi connectivity index (χ1n) is 4.12. The third-order valence-electron chi connectivity index (χ3n) is 1.66. The summed E-state index contributed by atoms with van der Waals surface area (Å²) in [5.74, 6) is 0.687. The summed E-state index contributed by atoms with van der Waals surface area (Å²) in [5, 5.41) is 5.98. The van der Waals surface area contributed by atoms with Gasteiger partial charge in [0.1, 0.15) is 5.82 Å². The third kappa shape index (κ3) is 2.38. The highest BCUT2D eigenvalue weighted by Crippen LogP contribution is 2.19. The number of amides is 2. The van der Waals surface area contributed by atoms with Gasteiger partial charge < -0.3 is 5.32 Å². The van der Waals surface area contributed by atoms with E-state index in [-0.39, 0.29) is 6.03 Å². The molecule has 70 valence electrons. The molecule has 0 aliphatic heterocycles. The van der Waals surface area contributed by atoms with E-state index in [0.29, 0.717) is 17.0 Å². The summed E-state index contributed by atoms with van der Waals surface area (Å²) < 4.78 is 3.95. The molecule has 1 fully saturated rings. The van der Waals surface area contributed by atoms with Gasteiger partial charge >= 0.3 is 6.03 Å². The second kappa shape index (κ2) is 3.29. The van der Waals surface area contributed by atoms with Gasteiger partial charge in [-0.2, -0.15) is 4.37 Å². The average molecular weight is 198 g/mol. The van der Waals surface area contributed by atoms with Gasteiger partial charge in [0.05, 0.1) is 0 Å². The summed E-state index contributed by atoms with van der Waals surface area (Å²) in [7, 11) is 0. The molecular formula is C7H10N4OS. The van der Waals surface area contributed by atoms with Crippen molar-refractivity contribution in [3.05, 3.63) is 5.82 Å². The van der Waals surface area contributed by atoms with Crippen LogP contribution in [0.2, 0.25) is 0 Å². The van der Waals surface area contributed by atoms with E-state index in [2.05, 4.69) is 20.0 Å². The van der Waals surface area contributed by atoms with Crippen molar-refractivity contribution in [3.63, 3.8) is 0 Å². The second-order valence-corrected chi connectivity index (χ2v) is 3.77. The molecule has 2 amide bonds. The van der Waals surface area contributed by atoms with Gasteiger partial charge in [0, 0.05) is 17.6 Å². The molecule has 13 heavy (non-hydrogen) atoms. The fourth-order valence-corrected chi connectivity index (χ4v) is 1.46. The van der Waals surface area contributed by atoms with Gasteiger partial charge in [0.15, 0.2) is 0 Å². The maximum Gasteiger partial charge on any atom is 0.321 e. The molecule has 2 N–H and O–H groups in total. The van der Waals surface area contributed by atoms with Crippen molar-refractivity contribution >= 4 is 22.7 Å². The largest absolute Gasteiger partial charge is 0.335 e. The molecule has 1 aliphatic carbocycles. The van der Waals surface area contributed by atoms with Crippen molar-refractivity contribution in [1.82, 2.24) is 14.7 Å². The quantitative estimate of drug-likeness (QED) is 0.748. The van der Waals surface area contributed by atoms with Gasteiger partial charge in [0.25, 0.3) is 0 Å². The first kappa shape index (κ1) is 8.43. The number of urea groups is 1. The summed E-state index contributed by atoms with van der Waals surface area (Å²) >= 11 is 1.19. The number of carbonyl (C=O) groups is 1. The Morgan fingerprint density at radius 3 is 2.92 bits per heavy atom. The van der Waals surface area contributed by atoms with E-state index >= 15 is 0 Å². The Kier molecular flexibility index (Phi) is 2.13. The molecule has 6 heteroatoms. The van der Waals surface area contributed by atoms with Crippen molar-refractivity contribution in [3.8, 4) is 0 Å². The average Bonchev–Trinajstić information content (AvgIpc) is 2.76. The smallest absolute Gasteiger partial charge is 0.321 e. The van der Waals surface area contributed by atoms with E-state index in [4.69, 9.17) is 0 Å². The van der Waals surface area contributed by atoms with Crippen molar-refractivity contribution in [1.29, 1.82) is 0 Å². The van der Waals surface area contributed by atoms with Crippen LogP contribution in [0.1, 0.15) is 18.7 Å². The van der Waals surface area contributed by atoms with Gasteiger partial charge in [-0.1, -0.05) is 0 Å². The molecule has 0 unspecified atom stereocenters. The van der Waals surface area contributed by atoms with Crippen molar-refractivity contribution < 1.29 is 4.79 Å². The zero-order valence-corrected chi connectivity index (χ0v) is 8.02. The molecule has 5 nitrogen and oxygen atoms in total. The molecular weight excluding hydrogens is 188 g/mol. The van der Waals surface area contributed by atoms with E-state index in [1.165, 1.54) is 11.5 Å². The Morgan fingerprint density at radius 2 is 2.38 bits per heavy atom. The summed E-state index contributed by atoms with van der Waals surface area (Å²) in [6.07, 6.45) is 2.17. The predicted octanol–water partition coefficient (Wildman–Crippen LogP) is 1.13. The van der Waals surface area contributed by atoms with Crippen molar-refractivity contribution in [2.75, 3.05) is 5.32 Å². The Bertz CT molecular complexity index is 320. The zero-order valence-electron chi connectivity index (χ0n) is 7.20. The van der Waals surface area contributed by atoms with E-state index in [1.54, 1.807) is 6.92 Å². The van der Waals surface area contributed by atoms with E-state index in [0.717, 1.165) is 12.8 Å². The number of nitrogens with zero attached hydrogens (tertiary/aromatic N) is 2. The van der Waals surface area contributed by atoms with Crippen molar-refractivity contribution in [2.24, 2.45) is 0 Å². The van der Waals surface area contributed by atoms with Crippen LogP contribution in [-0.4, -0.2) is 21.4 Å². The second-order valence-electron chi connectivity index (χ2n) is 3.02. The number of carbonyl (C=O) groups excluding carboxylic acids is 1. The topological polar surface area (TPSA) is 66.9 Å². The summed E-state index contributed by atoms with van der Waals surface area (Å²) in [6.45, 7) is 1.79. The van der Waals surface area contributed by atoms with Crippen LogP contribution in [0.5, 0.6) is 0 Å². The first-order chi connectivity index (χ1) is 6.24. The van der Waals surface area contributed by atoms with Crippen LogP contribution in [-0.2, 0) is 0 Å². The predicted molar refractivity (Wildman–Crippen MR) is 49.8 cm³/mol. The monoisotopic (exact) mass is 198 g/mol. The number of anilines is 1. The number of hydrogen-bond acceptors (Lipinski definition) is 4.